The van der Waals surface area contributed by atoms with Crippen molar-refractivity contribution in [2.24, 2.45) is 0 Å². The highest BCUT2D eigenvalue weighted by Gasteiger charge is 2.29. The number of fused-ring (bicyclic) bond motifs is 1. The fraction of sp³-hybridized carbons (Fsp3) is 0.125. The number of hydrogen-bond donors (Lipinski definition) is 0. The fourth-order valence-corrected chi connectivity index (χ4v) is 2.36. The van der Waals surface area contributed by atoms with Crippen LogP contribution in [0.1, 0.15) is 16.7 Å². The maximum Gasteiger partial charge on any atom is 0.494 e. The van der Waals surface area contributed by atoms with Crippen LogP contribution in [0.5, 0.6) is 11.5 Å². The minimum atomic E-state index is -0.329. The summed E-state index contributed by atoms with van der Waals surface area (Å²) < 4.78 is 16.5. The maximum absolute atomic E-state index is 9.04. The molecule has 6 heteroatoms. The normalized spacial score (nSPS) is 12.4. The summed E-state index contributed by atoms with van der Waals surface area (Å²) >= 11 is 0. The summed E-state index contributed by atoms with van der Waals surface area (Å²) in [7, 11) is 1.27. The summed E-state index contributed by atoms with van der Waals surface area (Å²) in [5.41, 5.74) is 2.63. The lowest BCUT2D eigenvalue weighted by Crippen LogP contribution is -2.30. The summed E-state index contributed by atoms with van der Waals surface area (Å²) in [4.78, 5) is 0. The predicted octanol–water partition coefficient (Wildman–Crippen LogP) is 2.09. The second-order valence-corrected chi connectivity index (χ2v) is 4.77. The molecule has 5 nitrogen and oxygen atoms in total. The van der Waals surface area contributed by atoms with Crippen LogP contribution in [0.2, 0.25) is 0 Å². The van der Waals surface area contributed by atoms with Crippen molar-refractivity contribution >= 4 is 12.6 Å². The first-order chi connectivity index (χ1) is 10.7. The van der Waals surface area contributed by atoms with Gasteiger partial charge < -0.3 is 14.0 Å². The summed E-state index contributed by atoms with van der Waals surface area (Å²) in [6.07, 6.45) is 0. The van der Waals surface area contributed by atoms with Gasteiger partial charge in [-0.15, -0.1) is 0 Å². The van der Waals surface area contributed by atoms with E-state index in [1.807, 2.05) is 30.3 Å². The molecule has 3 rings (SSSR count). The van der Waals surface area contributed by atoms with Crippen LogP contribution in [0.25, 0.3) is 0 Å². The van der Waals surface area contributed by atoms with Crippen molar-refractivity contribution in [2.45, 2.75) is 6.61 Å². The van der Waals surface area contributed by atoms with E-state index in [9.17, 15) is 0 Å². The topological polar surface area (TPSA) is 75.3 Å². The molecule has 2 aromatic rings. The quantitative estimate of drug-likeness (QED) is 0.809. The molecule has 1 heterocycles. The highest BCUT2D eigenvalue weighted by Crippen LogP contribution is 2.25. The molecule has 0 radical (unpaired) electrons. The SMILES string of the molecule is COB1OCc2cc(Oc3ccc(C#N)c(C#N)c3)ccc21. The standard InChI is InChI=1S/C16H11BN2O3/c1-20-17-16-5-4-15(7-13(16)10-21-17)22-14-3-2-11(8-18)12(6-14)9-19/h2-7H,10H2,1H3. The Morgan fingerprint density at radius 3 is 2.50 bits per heavy atom. The summed E-state index contributed by atoms with van der Waals surface area (Å²) in [6.45, 7) is 0.474. The molecule has 0 fully saturated rings. The second kappa shape index (κ2) is 5.91. The fourth-order valence-electron chi connectivity index (χ4n) is 2.36. The number of ether oxygens (including phenoxy) is 1. The molecule has 0 amide bonds. The molecule has 0 atom stereocenters. The first kappa shape index (κ1) is 14.2. The first-order valence-corrected chi connectivity index (χ1v) is 6.64. The van der Waals surface area contributed by atoms with E-state index in [0.717, 1.165) is 11.0 Å². The van der Waals surface area contributed by atoms with Crippen molar-refractivity contribution < 1.29 is 14.0 Å². The summed E-state index contributed by atoms with van der Waals surface area (Å²) in [5.74, 6) is 1.16. The van der Waals surface area contributed by atoms with E-state index < -0.39 is 0 Å². The molecule has 0 aliphatic carbocycles. The number of benzene rings is 2. The van der Waals surface area contributed by atoms with E-state index in [2.05, 4.69) is 0 Å². The van der Waals surface area contributed by atoms with Gasteiger partial charge in [0, 0.05) is 7.11 Å². The van der Waals surface area contributed by atoms with Crippen molar-refractivity contribution in [1.82, 2.24) is 0 Å². The zero-order valence-corrected chi connectivity index (χ0v) is 11.9. The highest BCUT2D eigenvalue weighted by molar-refractivity contribution is 6.62. The van der Waals surface area contributed by atoms with E-state index in [1.165, 1.54) is 0 Å². The van der Waals surface area contributed by atoms with Crippen LogP contribution in [0.4, 0.5) is 0 Å². The van der Waals surface area contributed by atoms with Gasteiger partial charge in [-0.3, -0.25) is 0 Å². The number of nitrogens with zero attached hydrogens (tertiary/aromatic N) is 2. The molecular weight excluding hydrogens is 279 g/mol. The smallest absolute Gasteiger partial charge is 0.457 e. The molecule has 0 bridgehead atoms. The lowest BCUT2D eigenvalue weighted by atomic mass is 9.79. The molecule has 22 heavy (non-hydrogen) atoms. The number of hydrogen-bond acceptors (Lipinski definition) is 5. The van der Waals surface area contributed by atoms with Gasteiger partial charge in [0.25, 0.3) is 0 Å². The molecule has 0 saturated carbocycles. The van der Waals surface area contributed by atoms with Gasteiger partial charge in [-0.1, -0.05) is 6.07 Å². The van der Waals surface area contributed by atoms with Crippen molar-refractivity contribution in [2.75, 3.05) is 7.11 Å². The average Bonchev–Trinajstić information content (AvgIpc) is 2.97. The molecule has 106 valence electrons. The molecule has 0 N–H and O–H groups in total. The maximum atomic E-state index is 9.04. The molecule has 0 spiro atoms. The van der Waals surface area contributed by atoms with Crippen LogP contribution >= 0.6 is 0 Å². The lowest BCUT2D eigenvalue weighted by Gasteiger charge is -2.08. The van der Waals surface area contributed by atoms with E-state index in [1.54, 1.807) is 25.3 Å². The zero-order valence-electron chi connectivity index (χ0n) is 11.9. The Bertz CT molecular complexity index is 808. The van der Waals surface area contributed by atoms with E-state index >= 15 is 0 Å². The Morgan fingerprint density at radius 2 is 1.77 bits per heavy atom. The van der Waals surface area contributed by atoms with Crippen LogP contribution in [-0.4, -0.2) is 14.2 Å². The molecule has 0 saturated heterocycles. The highest BCUT2D eigenvalue weighted by atomic mass is 16.6. The molecule has 0 aromatic heterocycles. The molecule has 1 aliphatic rings. The van der Waals surface area contributed by atoms with Gasteiger partial charge in [-0.05, 0) is 41.4 Å². The third kappa shape index (κ3) is 2.54. The molecule has 0 unspecified atom stereocenters. The Morgan fingerprint density at radius 1 is 1.05 bits per heavy atom. The van der Waals surface area contributed by atoms with Crippen LogP contribution in [0, 0.1) is 22.7 Å². The van der Waals surface area contributed by atoms with Crippen molar-refractivity contribution in [3.8, 4) is 23.6 Å². The summed E-state index contributed by atoms with van der Waals surface area (Å²) in [5, 5.41) is 18.0. The van der Waals surface area contributed by atoms with Gasteiger partial charge in [-0.2, -0.15) is 10.5 Å². The predicted molar refractivity (Wildman–Crippen MR) is 79.6 cm³/mol. The molecular formula is C16H11BN2O3. The van der Waals surface area contributed by atoms with Gasteiger partial charge in [-0.25, -0.2) is 0 Å². The average molecular weight is 290 g/mol. The van der Waals surface area contributed by atoms with Crippen LogP contribution < -0.4 is 10.2 Å². The molecule has 1 aliphatic heterocycles. The van der Waals surface area contributed by atoms with Gasteiger partial charge in [0.2, 0.25) is 0 Å². The number of nitriles is 2. The van der Waals surface area contributed by atoms with Gasteiger partial charge in [0.15, 0.2) is 0 Å². The Hall–Kier alpha value is -2.80. The number of rotatable bonds is 3. The van der Waals surface area contributed by atoms with Crippen molar-refractivity contribution in [1.29, 1.82) is 10.5 Å². The zero-order chi connectivity index (χ0) is 15.5. The Balaban J connectivity index is 1.86. The first-order valence-electron chi connectivity index (χ1n) is 6.64. The van der Waals surface area contributed by atoms with Crippen LogP contribution in [-0.2, 0) is 15.9 Å². The lowest BCUT2D eigenvalue weighted by molar-refractivity contribution is 0.245. The van der Waals surface area contributed by atoms with Crippen molar-refractivity contribution in [3.63, 3.8) is 0 Å². The van der Waals surface area contributed by atoms with Gasteiger partial charge in [0.05, 0.1) is 17.7 Å². The van der Waals surface area contributed by atoms with Crippen molar-refractivity contribution in [3.05, 3.63) is 53.1 Å². The Labute approximate surface area is 128 Å². The minimum absolute atomic E-state index is 0.295. The van der Waals surface area contributed by atoms with Gasteiger partial charge >= 0.3 is 7.12 Å². The van der Waals surface area contributed by atoms with Crippen LogP contribution in [0.15, 0.2) is 36.4 Å². The second-order valence-electron chi connectivity index (χ2n) is 4.77. The van der Waals surface area contributed by atoms with Gasteiger partial charge in [0.1, 0.15) is 23.6 Å². The van der Waals surface area contributed by atoms with E-state index in [4.69, 9.17) is 24.6 Å². The molecule has 2 aromatic carbocycles. The van der Waals surface area contributed by atoms with E-state index in [0.29, 0.717) is 29.2 Å². The summed E-state index contributed by atoms with van der Waals surface area (Å²) in [6, 6.07) is 14.4. The minimum Gasteiger partial charge on any atom is -0.457 e. The van der Waals surface area contributed by atoms with E-state index in [-0.39, 0.29) is 7.12 Å². The Kier molecular flexibility index (Phi) is 3.80. The van der Waals surface area contributed by atoms with Crippen LogP contribution in [0.3, 0.4) is 0 Å². The third-order valence-electron chi connectivity index (χ3n) is 3.44. The third-order valence-corrected chi connectivity index (χ3v) is 3.44. The largest absolute Gasteiger partial charge is 0.494 e. The monoisotopic (exact) mass is 290 g/mol.